The van der Waals surface area contributed by atoms with Crippen molar-refractivity contribution in [1.29, 1.82) is 0 Å². The molecule has 2 aromatic carbocycles. The molecule has 2 aliphatic heterocycles. The molecular formula is C29H31FN4O6. The van der Waals surface area contributed by atoms with Crippen LogP contribution in [0.4, 0.5) is 10.1 Å². The molecular weight excluding hydrogens is 519 g/mol. The Labute approximate surface area is 230 Å². The number of nitrogens with zero attached hydrogens (tertiary/aromatic N) is 3. The number of ether oxygens (including phenoxy) is 2. The van der Waals surface area contributed by atoms with E-state index in [1.165, 1.54) is 27.7 Å². The lowest BCUT2D eigenvalue weighted by Crippen LogP contribution is -2.43. The van der Waals surface area contributed by atoms with Gasteiger partial charge in [0.25, 0.3) is 11.5 Å². The Kier molecular flexibility index (Phi) is 7.68. The number of carbonyl (C=O) groups excluding carboxylic acids is 2. The molecule has 0 saturated carbocycles. The van der Waals surface area contributed by atoms with Crippen molar-refractivity contribution in [3.63, 3.8) is 0 Å². The van der Waals surface area contributed by atoms with Gasteiger partial charge >= 0.3 is 0 Å². The SMILES string of the molecule is CC1(C)OCCn2c1nc(C(=O)NCc1ccc(F)cc1N1C(=O)CC[C@@H]1CO)c(OCc1ccccc1)c2=O. The highest BCUT2D eigenvalue weighted by Crippen LogP contribution is 2.31. The second-order valence-corrected chi connectivity index (χ2v) is 10.3. The van der Waals surface area contributed by atoms with E-state index in [-0.39, 0.29) is 55.8 Å². The number of aliphatic hydroxyl groups is 1. The molecule has 0 radical (unpaired) electrons. The van der Waals surface area contributed by atoms with Crippen LogP contribution in [-0.2, 0) is 34.8 Å². The zero-order valence-electron chi connectivity index (χ0n) is 22.4. The Morgan fingerprint density at radius 3 is 2.75 bits per heavy atom. The number of benzene rings is 2. The van der Waals surface area contributed by atoms with Crippen molar-refractivity contribution in [3.05, 3.63) is 87.3 Å². The molecule has 0 aliphatic carbocycles. The van der Waals surface area contributed by atoms with Gasteiger partial charge in [0.15, 0.2) is 5.69 Å². The molecule has 210 valence electrons. The molecule has 0 bridgehead atoms. The van der Waals surface area contributed by atoms with Gasteiger partial charge in [-0.05, 0) is 43.5 Å². The van der Waals surface area contributed by atoms with Crippen LogP contribution in [0.2, 0.25) is 0 Å². The Hall–Kier alpha value is -4.09. The molecule has 11 heteroatoms. The molecule has 40 heavy (non-hydrogen) atoms. The van der Waals surface area contributed by atoms with E-state index in [0.29, 0.717) is 24.4 Å². The third kappa shape index (κ3) is 5.34. The average Bonchev–Trinajstić information content (AvgIpc) is 3.32. The summed E-state index contributed by atoms with van der Waals surface area (Å²) < 4.78 is 27.4. The van der Waals surface area contributed by atoms with Gasteiger partial charge in [0.1, 0.15) is 23.8 Å². The Bertz CT molecular complexity index is 1490. The summed E-state index contributed by atoms with van der Waals surface area (Å²) in [5.74, 6) is -1.34. The van der Waals surface area contributed by atoms with E-state index in [1.54, 1.807) is 13.8 Å². The number of hydrogen-bond donors (Lipinski definition) is 2. The number of aromatic nitrogens is 2. The smallest absolute Gasteiger partial charge is 0.296 e. The first-order chi connectivity index (χ1) is 19.2. The average molecular weight is 551 g/mol. The number of hydrogen-bond acceptors (Lipinski definition) is 7. The van der Waals surface area contributed by atoms with Crippen LogP contribution in [0, 0.1) is 5.82 Å². The normalized spacial score (nSPS) is 17.9. The van der Waals surface area contributed by atoms with Gasteiger partial charge in [-0.15, -0.1) is 0 Å². The van der Waals surface area contributed by atoms with E-state index in [9.17, 15) is 23.9 Å². The summed E-state index contributed by atoms with van der Waals surface area (Å²) in [6.07, 6.45) is 0.678. The maximum Gasteiger partial charge on any atom is 0.296 e. The second-order valence-electron chi connectivity index (χ2n) is 10.3. The van der Waals surface area contributed by atoms with Crippen LogP contribution in [0.25, 0.3) is 0 Å². The molecule has 0 unspecified atom stereocenters. The van der Waals surface area contributed by atoms with Gasteiger partial charge in [0, 0.05) is 13.0 Å². The van der Waals surface area contributed by atoms with Crippen LogP contribution < -0.4 is 20.5 Å². The molecule has 1 fully saturated rings. The van der Waals surface area contributed by atoms with Crippen LogP contribution in [0.15, 0.2) is 53.3 Å². The van der Waals surface area contributed by atoms with Crippen molar-refractivity contribution in [3.8, 4) is 5.75 Å². The van der Waals surface area contributed by atoms with Crippen molar-refractivity contribution in [2.45, 2.75) is 58.0 Å². The Morgan fingerprint density at radius 2 is 2.00 bits per heavy atom. The molecule has 2 amide bonds. The fraction of sp³-hybridized carbons (Fsp3) is 0.379. The van der Waals surface area contributed by atoms with E-state index in [1.807, 2.05) is 30.3 Å². The quantitative estimate of drug-likeness (QED) is 0.442. The lowest BCUT2D eigenvalue weighted by Gasteiger charge is -2.33. The lowest BCUT2D eigenvalue weighted by molar-refractivity contribution is -0.117. The van der Waals surface area contributed by atoms with Crippen molar-refractivity contribution >= 4 is 17.5 Å². The zero-order chi connectivity index (χ0) is 28.4. The molecule has 3 heterocycles. The van der Waals surface area contributed by atoms with Gasteiger partial charge in [0.05, 0.1) is 31.5 Å². The largest absolute Gasteiger partial charge is 0.481 e. The molecule has 3 aromatic rings. The predicted octanol–water partition coefficient (Wildman–Crippen LogP) is 2.64. The highest BCUT2D eigenvalue weighted by molar-refractivity contribution is 5.97. The summed E-state index contributed by atoms with van der Waals surface area (Å²) in [7, 11) is 0. The molecule has 2 aliphatic rings. The van der Waals surface area contributed by atoms with Crippen molar-refractivity contribution in [1.82, 2.24) is 14.9 Å². The van der Waals surface area contributed by atoms with E-state index in [2.05, 4.69) is 10.3 Å². The maximum atomic E-state index is 14.2. The summed E-state index contributed by atoms with van der Waals surface area (Å²) in [6.45, 7) is 3.81. The van der Waals surface area contributed by atoms with Gasteiger partial charge in [0.2, 0.25) is 11.7 Å². The molecule has 1 aromatic heterocycles. The van der Waals surface area contributed by atoms with Crippen LogP contribution in [0.5, 0.6) is 5.75 Å². The third-order valence-electron chi connectivity index (χ3n) is 7.17. The number of nitrogens with one attached hydrogen (secondary N) is 1. The fourth-order valence-corrected chi connectivity index (χ4v) is 5.09. The fourth-order valence-electron chi connectivity index (χ4n) is 5.09. The van der Waals surface area contributed by atoms with E-state index < -0.39 is 28.9 Å². The van der Waals surface area contributed by atoms with Gasteiger partial charge in [-0.1, -0.05) is 36.4 Å². The molecule has 5 rings (SSSR count). The molecule has 10 nitrogen and oxygen atoms in total. The molecule has 2 N–H and O–H groups in total. The lowest BCUT2D eigenvalue weighted by atomic mass is 10.1. The van der Waals surface area contributed by atoms with Crippen LogP contribution in [-0.4, -0.2) is 45.7 Å². The summed E-state index contributed by atoms with van der Waals surface area (Å²) >= 11 is 0. The Balaban J connectivity index is 1.47. The minimum Gasteiger partial charge on any atom is -0.481 e. The third-order valence-corrected chi connectivity index (χ3v) is 7.17. The number of fused-ring (bicyclic) bond motifs is 1. The summed E-state index contributed by atoms with van der Waals surface area (Å²) in [5.41, 5.74) is -0.0456. The summed E-state index contributed by atoms with van der Waals surface area (Å²) in [6, 6.07) is 12.7. The van der Waals surface area contributed by atoms with E-state index in [0.717, 1.165) is 5.56 Å². The summed E-state index contributed by atoms with van der Waals surface area (Å²) in [4.78, 5) is 45.6. The molecule has 1 saturated heterocycles. The first-order valence-electron chi connectivity index (χ1n) is 13.1. The van der Waals surface area contributed by atoms with E-state index >= 15 is 0 Å². The first-order valence-corrected chi connectivity index (χ1v) is 13.1. The Morgan fingerprint density at radius 1 is 1.23 bits per heavy atom. The molecule has 1 atom stereocenters. The highest BCUT2D eigenvalue weighted by atomic mass is 19.1. The van der Waals surface area contributed by atoms with Crippen molar-refractivity contribution < 1.29 is 28.6 Å². The summed E-state index contributed by atoms with van der Waals surface area (Å²) in [5, 5.41) is 12.5. The van der Waals surface area contributed by atoms with Gasteiger partial charge in [-0.25, -0.2) is 9.37 Å². The predicted molar refractivity (Wildman–Crippen MR) is 143 cm³/mol. The number of amides is 2. The first kappa shape index (κ1) is 27.5. The van der Waals surface area contributed by atoms with Gasteiger partial charge in [-0.3, -0.25) is 19.0 Å². The van der Waals surface area contributed by atoms with E-state index in [4.69, 9.17) is 9.47 Å². The number of anilines is 1. The number of carbonyl (C=O) groups is 2. The number of aliphatic hydroxyl groups excluding tert-OH is 1. The number of halogens is 1. The van der Waals surface area contributed by atoms with Gasteiger partial charge < -0.3 is 24.8 Å². The van der Waals surface area contributed by atoms with Crippen LogP contribution in [0.1, 0.15) is 54.1 Å². The number of rotatable bonds is 8. The second kappa shape index (κ2) is 11.2. The minimum atomic E-state index is -0.913. The molecule has 0 spiro atoms. The monoisotopic (exact) mass is 550 g/mol. The standard InChI is InChI=1S/C29H31FN4O6/c1-29(2)28-32-24(25(27(38)33(28)12-13-40-29)39-17-18-6-4-3-5-7-18)26(37)31-15-19-8-9-20(30)14-22(19)34-21(16-35)10-11-23(34)36/h3-9,14,21,35H,10-13,15-17H2,1-2H3,(H,31,37)/t21-/m1/s1. The topological polar surface area (TPSA) is 123 Å². The highest BCUT2D eigenvalue weighted by Gasteiger charge is 2.36. The maximum absolute atomic E-state index is 14.2. The van der Waals surface area contributed by atoms with Gasteiger partial charge in [-0.2, -0.15) is 0 Å². The van der Waals surface area contributed by atoms with Crippen molar-refractivity contribution in [2.24, 2.45) is 0 Å². The zero-order valence-corrected chi connectivity index (χ0v) is 22.4. The van der Waals surface area contributed by atoms with Crippen LogP contribution >= 0.6 is 0 Å². The van der Waals surface area contributed by atoms with Crippen LogP contribution in [0.3, 0.4) is 0 Å². The minimum absolute atomic E-state index is 0.0546. The van der Waals surface area contributed by atoms with Crippen molar-refractivity contribution in [2.75, 3.05) is 18.1 Å².